The van der Waals surface area contributed by atoms with E-state index in [2.05, 4.69) is 4.98 Å². The molecule has 12 nitrogen and oxygen atoms in total. The molecule has 0 N–H and O–H groups in total. The van der Waals surface area contributed by atoms with Gasteiger partial charge in [-0.05, 0) is 64.4 Å². The van der Waals surface area contributed by atoms with Crippen molar-refractivity contribution in [1.29, 1.82) is 0 Å². The molecule has 0 aliphatic carbocycles. The molecule has 1 aliphatic heterocycles. The Morgan fingerprint density at radius 2 is 1.84 bits per heavy atom. The van der Waals surface area contributed by atoms with Crippen molar-refractivity contribution in [2.75, 3.05) is 56.2 Å². The molecule has 0 saturated carbocycles. The number of carbonyl (C=O) groups is 3. The number of ether oxygens (including phenoxy) is 2. The number of likely N-dealkylation sites (N-methyl/N-ethyl adjacent to an activating group) is 1. The standard InChI is InChI=1S/C34H41ClF3N7O5/c1-7-23-20-43(31(47)24-12-11-22(35)18-26(24)34(36,37)38)16-17-45(23)28-29(44(21-46)15-14-42(6)32(48)50-33(3,4)5)41-27(19-40-28)25-10-9-13-39-30(25)49-8-2/h9-13,18-19,21,23H,7-8,14-17,20H2,1-6H3/t23-/m1/s1. The quantitative estimate of drug-likeness (QED) is 0.214. The molecule has 270 valence electrons. The van der Waals surface area contributed by atoms with E-state index in [1.165, 1.54) is 27.0 Å². The van der Waals surface area contributed by atoms with Crippen molar-refractivity contribution in [2.24, 2.45) is 0 Å². The fourth-order valence-corrected chi connectivity index (χ4v) is 5.58. The number of alkyl halides is 3. The summed E-state index contributed by atoms with van der Waals surface area (Å²) in [7, 11) is 1.55. The lowest BCUT2D eigenvalue weighted by Gasteiger charge is -2.42. The van der Waals surface area contributed by atoms with Gasteiger partial charge in [-0.3, -0.25) is 14.5 Å². The van der Waals surface area contributed by atoms with Crippen molar-refractivity contribution in [3.63, 3.8) is 0 Å². The molecule has 0 unspecified atom stereocenters. The molecule has 2 aromatic heterocycles. The summed E-state index contributed by atoms with van der Waals surface area (Å²) in [6.45, 7) is 9.76. The highest BCUT2D eigenvalue weighted by Crippen LogP contribution is 2.36. The Labute approximate surface area is 294 Å². The molecule has 16 heteroatoms. The zero-order valence-electron chi connectivity index (χ0n) is 28.8. The van der Waals surface area contributed by atoms with Gasteiger partial charge in [0.2, 0.25) is 12.3 Å². The van der Waals surface area contributed by atoms with Crippen LogP contribution in [0.25, 0.3) is 11.3 Å². The number of piperazine rings is 1. The zero-order chi connectivity index (χ0) is 36.8. The van der Waals surface area contributed by atoms with Gasteiger partial charge in [0.05, 0.1) is 35.2 Å². The topological polar surface area (TPSA) is 121 Å². The second-order valence-corrected chi connectivity index (χ2v) is 13.0. The second-order valence-electron chi connectivity index (χ2n) is 12.6. The molecule has 3 amide bonds. The lowest BCUT2D eigenvalue weighted by molar-refractivity contribution is -0.138. The number of benzene rings is 1. The monoisotopic (exact) mass is 719 g/mol. The third kappa shape index (κ3) is 9.11. The van der Waals surface area contributed by atoms with Crippen LogP contribution in [0.5, 0.6) is 5.88 Å². The van der Waals surface area contributed by atoms with E-state index in [1.54, 1.807) is 46.1 Å². The van der Waals surface area contributed by atoms with Crippen molar-refractivity contribution in [2.45, 2.75) is 58.9 Å². The first kappa shape index (κ1) is 38.1. The summed E-state index contributed by atoms with van der Waals surface area (Å²) in [6.07, 6.45) is -1.16. The maximum absolute atomic E-state index is 13.9. The first-order chi connectivity index (χ1) is 23.6. The summed E-state index contributed by atoms with van der Waals surface area (Å²) >= 11 is 5.84. The van der Waals surface area contributed by atoms with Crippen LogP contribution in [0.4, 0.5) is 29.6 Å². The van der Waals surface area contributed by atoms with E-state index < -0.39 is 40.9 Å². The molecule has 3 aromatic rings. The molecule has 3 heterocycles. The Balaban J connectivity index is 1.69. The molecule has 1 fully saturated rings. The van der Waals surface area contributed by atoms with Crippen LogP contribution < -0.4 is 14.5 Å². The number of anilines is 2. The normalized spacial score (nSPS) is 15.0. The van der Waals surface area contributed by atoms with Gasteiger partial charge in [0.15, 0.2) is 11.6 Å². The second kappa shape index (κ2) is 15.9. The number of nitrogens with zero attached hydrogens (tertiary/aromatic N) is 7. The van der Waals surface area contributed by atoms with Gasteiger partial charge in [-0.25, -0.2) is 19.7 Å². The summed E-state index contributed by atoms with van der Waals surface area (Å²) in [4.78, 5) is 58.7. The number of hydrogen-bond donors (Lipinski definition) is 0. The number of carbonyl (C=O) groups excluding carboxylic acids is 3. The van der Waals surface area contributed by atoms with E-state index in [-0.39, 0.29) is 43.6 Å². The van der Waals surface area contributed by atoms with E-state index in [0.29, 0.717) is 42.4 Å². The average molecular weight is 720 g/mol. The largest absolute Gasteiger partial charge is 0.477 e. The molecule has 50 heavy (non-hydrogen) atoms. The van der Waals surface area contributed by atoms with Gasteiger partial charge < -0.3 is 24.2 Å². The van der Waals surface area contributed by atoms with Gasteiger partial charge >= 0.3 is 12.3 Å². The molecular weight excluding hydrogens is 679 g/mol. The smallest absolute Gasteiger partial charge is 0.417 e. The number of halogens is 4. The molecule has 0 spiro atoms. The van der Waals surface area contributed by atoms with Gasteiger partial charge in [0.25, 0.3) is 5.91 Å². The van der Waals surface area contributed by atoms with Crippen LogP contribution in [-0.4, -0.2) is 101 Å². The SMILES string of the molecule is CCOc1ncccc1-c1cnc(N2CCN(C(=O)c3ccc(Cl)cc3C(F)(F)F)C[C@H]2CC)c(N(C=O)CCN(C)C(=O)OC(C)(C)C)n1. The van der Waals surface area contributed by atoms with Crippen molar-refractivity contribution in [3.05, 3.63) is 58.9 Å². The first-order valence-electron chi connectivity index (χ1n) is 16.1. The van der Waals surface area contributed by atoms with Gasteiger partial charge in [-0.2, -0.15) is 13.2 Å². The number of amides is 3. The van der Waals surface area contributed by atoms with E-state index in [0.717, 1.165) is 12.1 Å². The van der Waals surface area contributed by atoms with Gasteiger partial charge in [-0.1, -0.05) is 18.5 Å². The van der Waals surface area contributed by atoms with E-state index in [4.69, 9.17) is 31.0 Å². The van der Waals surface area contributed by atoms with Crippen LogP contribution in [0, 0.1) is 0 Å². The maximum atomic E-state index is 13.9. The molecule has 0 radical (unpaired) electrons. The van der Waals surface area contributed by atoms with Crippen LogP contribution in [-0.2, 0) is 15.7 Å². The number of rotatable bonds is 11. The lowest BCUT2D eigenvalue weighted by Crippen LogP contribution is -2.55. The summed E-state index contributed by atoms with van der Waals surface area (Å²) < 4.78 is 52.7. The Morgan fingerprint density at radius 1 is 1.10 bits per heavy atom. The minimum Gasteiger partial charge on any atom is -0.477 e. The van der Waals surface area contributed by atoms with Crippen LogP contribution >= 0.6 is 11.6 Å². The summed E-state index contributed by atoms with van der Waals surface area (Å²) in [6, 6.07) is 6.18. The van der Waals surface area contributed by atoms with Gasteiger partial charge in [0, 0.05) is 57.0 Å². The van der Waals surface area contributed by atoms with Crippen molar-refractivity contribution >= 4 is 41.6 Å². The molecule has 0 bridgehead atoms. The summed E-state index contributed by atoms with van der Waals surface area (Å²) in [5.41, 5.74) is -1.40. The third-order valence-corrected chi connectivity index (χ3v) is 8.11. The average Bonchev–Trinajstić information content (AvgIpc) is 3.07. The van der Waals surface area contributed by atoms with E-state index in [1.807, 2.05) is 18.7 Å². The fourth-order valence-electron chi connectivity index (χ4n) is 5.41. The zero-order valence-corrected chi connectivity index (χ0v) is 29.6. The Bertz CT molecular complexity index is 1690. The minimum atomic E-state index is -4.78. The minimum absolute atomic E-state index is 0.0295. The summed E-state index contributed by atoms with van der Waals surface area (Å²) in [5, 5.41) is -0.128. The molecule has 1 atom stereocenters. The van der Waals surface area contributed by atoms with Crippen LogP contribution in [0.3, 0.4) is 0 Å². The molecule has 4 rings (SSSR count). The molecule has 1 aliphatic rings. The van der Waals surface area contributed by atoms with Gasteiger partial charge in [0.1, 0.15) is 5.60 Å². The van der Waals surface area contributed by atoms with Crippen LogP contribution in [0.1, 0.15) is 57.0 Å². The third-order valence-electron chi connectivity index (χ3n) is 7.88. The van der Waals surface area contributed by atoms with E-state index >= 15 is 0 Å². The van der Waals surface area contributed by atoms with E-state index in [9.17, 15) is 27.6 Å². The highest BCUT2D eigenvalue weighted by molar-refractivity contribution is 6.30. The van der Waals surface area contributed by atoms with Gasteiger partial charge in [-0.15, -0.1) is 0 Å². The molecule has 1 aromatic carbocycles. The summed E-state index contributed by atoms with van der Waals surface area (Å²) in [5.74, 6) is 0.0542. The van der Waals surface area contributed by atoms with Crippen LogP contribution in [0.15, 0.2) is 42.7 Å². The highest BCUT2D eigenvalue weighted by atomic mass is 35.5. The lowest BCUT2D eigenvalue weighted by atomic mass is 10.0. The Hall–Kier alpha value is -4.66. The van der Waals surface area contributed by atoms with Crippen molar-refractivity contribution in [1.82, 2.24) is 24.8 Å². The first-order valence-corrected chi connectivity index (χ1v) is 16.5. The van der Waals surface area contributed by atoms with Crippen LogP contribution in [0.2, 0.25) is 5.02 Å². The predicted molar refractivity (Wildman–Crippen MR) is 182 cm³/mol. The molecule has 1 saturated heterocycles. The highest BCUT2D eigenvalue weighted by Gasteiger charge is 2.39. The Kier molecular flexibility index (Phi) is 12.1. The molecular formula is C34H41ClF3N7O5. The Morgan fingerprint density at radius 3 is 2.48 bits per heavy atom. The maximum Gasteiger partial charge on any atom is 0.417 e. The number of aromatic nitrogens is 3. The fraction of sp³-hybridized carbons (Fsp3) is 0.471. The number of pyridine rings is 1. The van der Waals surface area contributed by atoms with Crippen molar-refractivity contribution in [3.8, 4) is 17.1 Å². The predicted octanol–water partition coefficient (Wildman–Crippen LogP) is 6.18. The number of hydrogen-bond acceptors (Lipinski definition) is 9. The van der Waals surface area contributed by atoms with Crippen molar-refractivity contribution < 1.29 is 37.0 Å².